The van der Waals surface area contributed by atoms with Gasteiger partial charge < -0.3 is 4.90 Å². The van der Waals surface area contributed by atoms with Crippen LogP contribution in [-0.4, -0.2) is 16.1 Å². The molecule has 0 aromatic carbocycles. The topological polar surface area (TPSA) is 16.1 Å². The second-order valence-corrected chi connectivity index (χ2v) is 6.00. The Morgan fingerprint density at radius 2 is 1.69 bits per heavy atom. The molecule has 0 radical (unpaired) electrons. The van der Waals surface area contributed by atoms with Gasteiger partial charge in [-0.05, 0) is 59.1 Å². The van der Waals surface area contributed by atoms with Crippen LogP contribution >= 0.6 is 0 Å². The van der Waals surface area contributed by atoms with E-state index in [2.05, 4.69) is 49.7 Å². The van der Waals surface area contributed by atoms with Gasteiger partial charge in [-0.25, -0.2) is 4.98 Å². The highest BCUT2D eigenvalue weighted by Gasteiger charge is 2.41. The van der Waals surface area contributed by atoms with Crippen LogP contribution in [0.3, 0.4) is 0 Å². The normalized spacial score (nSPS) is 23.1. The quantitative estimate of drug-likeness (QED) is 0.715. The number of aromatic nitrogens is 1. The monoisotopic (exact) mass is 218 g/mol. The van der Waals surface area contributed by atoms with Crippen LogP contribution in [0.2, 0.25) is 0 Å². The molecule has 0 spiro atoms. The molecule has 0 atom stereocenters. The Kier molecular flexibility index (Phi) is 2.69. The molecule has 1 aromatic rings. The first-order valence-corrected chi connectivity index (χ1v) is 6.15. The molecule has 2 rings (SSSR count). The maximum Gasteiger partial charge on any atom is 0.129 e. The Bertz CT molecular complexity index is 338. The fraction of sp³-hybridized carbons (Fsp3) is 0.643. The highest BCUT2D eigenvalue weighted by atomic mass is 15.3. The summed E-state index contributed by atoms with van der Waals surface area (Å²) in [4.78, 5) is 7.01. The van der Waals surface area contributed by atoms with Crippen molar-refractivity contribution in [2.45, 2.75) is 58.0 Å². The first-order valence-electron chi connectivity index (χ1n) is 6.15. The van der Waals surface area contributed by atoms with Gasteiger partial charge in [0.15, 0.2) is 0 Å². The Morgan fingerprint density at radius 3 is 2.19 bits per heavy atom. The summed E-state index contributed by atoms with van der Waals surface area (Å²) in [7, 11) is 0. The molecule has 0 N–H and O–H groups in total. The first-order chi connectivity index (χ1) is 7.43. The van der Waals surface area contributed by atoms with Crippen LogP contribution in [0.1, 0.15) is 47.0 Å². The minimum absolute atomic E-state index is 0.204. The fourth-order valence-corrected chi connectivity index (χ4v) is 3.10. The van der Waals surface area contributed by atoms with E-state index in [1.54, 1.807) is 0 Å². The van der Waals surface area contributed by atoms with Gasteiger partial charge in [-0.3, -0.25) is 0 Å². The lowest BCUT2D eigenvalue weighted by atomic mass is 9.80. The zero-order valence-electron chi connectivity index (χ0n) is 10.8. The first kappa shape index (κ1) is 11.4. The summed E-state index contributed by atoms with van der Waals surface area (Å²) >= 11 is 0. The van der Waals surface area contributed by atoms with Gasteiger partial charge in [0.05, 0.1) is 0 Å². The van der Waals surface area contributed by atoms with Gasteiger partial charge in [0.25, 0.3) is 0 Å². The van der Waals surface area contributed by atoms with Crippen molar-refractivity contribution in [1.29, 1.82) is 0 Å². The minimum atomic E-state index is 0.204. The van der Waals surface area contributed by atoms with Crippen molar-refractivity contribution >= 4 is 5.82 Å². The van der Waals surface area contributed by atoms with Crippen molar-refractivity contribution in [3.63, 3.8) is 0 Å². The van der Waals surface area contributed by atoms with E-state index >= 15 is 0 Å². The predicted octanol–water partition coefficient (Wildman–Crippen LogP) is 3.63. The molecular formula is C14H22N2. The molecule has 2 nitrogen and oxygen atoms in total. The van der Waals surface area contributed by atoms with Crippen molar-refractivity contribution in [1.82, 2.24) is 4.98 Å². The number of piperidine rings is 1. The smallest absolute Gasteiger partial charge is 0.129 e. The summed E-state index contributed by atoms with van der Waals surface area (Å²) in [5.41, 5.74) is 0.409. The lowest BCUT2D eigenvalue weighted by Gasteiger charge is -2.53. The van der Waals surface area contributed by atoms with Crippen LogP contribution < -0.4 is 4.90 Å². The fourth-order valence-electron chi connectivity index (χ4n) is 3.10. The van der Waals surface area contributed by atoms with Gasteiger partial charge in [0.2, 0.25) is 0 Å². The lowest BCUT2D eigenvalue weighted by Crippen LogP contribution is -2.59. The molecule has 1 saturated heterocycles. The van der Waals surface area contributed by atoms with Crippen LogP contribution in [0.5, 0.6) is 0 Å². The van der Waals surface area contributed by atoms with Crippen LogP contribution in [0, 0.1) is 0 Å². The lowest BCUT2D eigenvalue weighted by molar-refractivity contribution is 0.242. The number of hydrogen-bond donors (Lipinski definition) is 0. The van der Waals surface area contributed by atoms with Gasteiger partial charge in [0, 0.05) is 17.3 Å². The third-order valence-electron chi connectivity index (χ3n) is 3.67. The molecule has 0 bridgehead atoms. The number of anilines is 1. The molecule has 2 heterocycles. The van der Waals surface area contributed by atoms with Crippen LogP contribution in [-0.2, 0) is 0 Å². The second kappa shape index (κ2) is 3.76. The predicted molar refractivity (Wildman–Crippen MR) is 68.7 cm³/mol. The van der Waals surface area contributed by atoms with Crippen molar-refractivity contribution in [3.8, 4) is 0 Å². The Hall–Kier alpha value is -1.05. The third kappa shape index (κ3) is 1.93. The number of hydrogen-bond acceptors (Lipinski definition) is 2. The van der Waals surface area contributed by atoms with Crippen LogP contribution in [0.15, 0.2) is 24.4 Å². The number of rotatable bonds is 1. The molecule has 0 saturated carbocycles. The largest absolute Gasteiger partial charge is 0.346 e. The molecule has 1 aliphatic heterocycles. The van der Waals surface area contributed by atoms with Gasteiger partial charge in [-0.15, -0.1) is 0 Å². The summed E-state index contributed by atoms with van der Waals surface area (Å²) in [5.74, 6) is 1.11. The molecule has 2 heteroatoms. The van der Waals surface area contributed by atoms with Gasteiger partial charge in [-0.2, -0.15) is 0 Å². The number of nitrogens with zero attached hydrogens (tertiary/aromatic N) is 2. The summed E-state index contributed by atoms with van der Waals surface area (Å²) < 4.78 is 0. The van der Waals surface area contributed by atoms with Crippen molar-refractivity contribution in [2.24, 2.45) is 0 Å². The summed E-state index contributed by atoms with van der Waals surface area (Å²) in [6.07, 6.45) is 5.68. The van der Waals surface area contributed by atoms with E-state index in [1.165, 1.54) is 19.3 Å². The molecule has 0 unspecified atom stereocenters. The number of pyridine rings is 1. The van der Waals surface area contributed by atoms with E-state index in [4.69, 9.17) is 0 Å². The summed E-state index contributed by atoms with van der Waals surface area (Å²) in [6.45, 7) is 9.29. The van der Waals surface area contributed by atoms with Gasteiger partial charge >= 0.3 is 0 Å². The Balaban J connectivity index is 2.41. The Labute approximate surface area is 98.7 Å². The van der Waals surface area contributed by atoms with Crippen LogP contribution in [0.4, 0.5) is 5.82 Å². The van der Waals surface area contributed by atoms with E-state index in [9.17, 15) is 0 Å². The molecular weight excluding hydrogens is 196 g/mol. The van der Waals surface area contributed by atoms with E-state index in [1.807, 2.05) is 12.3 Å². The SMILES string of the molecule is CC1(C)CCCC(C)(C)N1c1ccccn1. The van der Waals surface area contributed by atoms with Crippen molar-refractivity contribution in [3.05, 3.63) is 24.4 Å². The summed E-state index contributed by atoms with van der Waals surface area (Å²) in [6, 6.07) is 6.17. The van der Waals surface area contributed by atoms with E-state index in [0.29, 0.717) is 0 Å². The zero-order valence-corrected chi connectivity index (χ0v) is 10.8. The standard InChI is InChI=1S/C14H22N2/c1-13(2)9-7-10-14(3,4)16(13)12-8-5-6-11-15-12/h5-6,8,11H,7,9-10H2,1-4H3. The molecule has 1 aromatic heterocycles. The zero-order chi connectivity index (χ0) is 11.8. The molecule has 88 valence electrons. The highest BCUT2D eigenvalue weighted by molar-refractivity contribution is 5.45. The van der Waals surface area contributed by atoms with Crippen molar-refractivity contribution < 1.29 is 0 Å². The van der Waals surface area contributed by atoms with E-state index in [-0.39, 0.29) is 11.1 Å². The van der Waals surface area contributed by atoms with Crippen LogP contribution in [0.25, 0.3) is 0 Å². The van der Waals surface area contributed by atoms with Crippen molar-refractivity contribution in [2.75, 3.05) is 4.90 Å². The molecule has 1 fully saturated rings. The molecule has 0 aliphatic carbocycles. The molecule has 1 aliphatic rings. The maximum atomic E-state index is 4.52. The van der Waals surface area contributed by atoms with Gasteiger partial charge in [0.1, 0.15) is 5.82 Å². The maximum absolute atomic E-state index is 4.52. The molecule has 16 heavy (non-hydrogen) atoms. The average Bonchev–Trinajstić information content (AvgIpc) is 2.16. The summed E-state index contributed by atoms with van der Waals surface area (Å²) in [5, 5.41) is 0. The second-order valence-electron chi connectivity index (χ2n) is 6.00. The Morgan fingerprint density at radius 1 is 1.06 bits per heavy atom. The molecule has 0 amide bonds. The van der Waals surface area contributed by atoms with E-state index in [0.717, 1.165) is 5.82 Å². The van der Waals surface area contributed by atoms with Gasteiger partial charge in [-0.1, -0.05) is 6.07 Å². The average molecular weight is 218 g/mol. The highest BCUT2D eigenvalue weighted by Crippen LogP contribution is 2.40. The third-order valence-corrected chi connectivity index (χ3v) is 3.67. The van der Waals surface area contributed by atoms with E-state index < -0.39 is 0 Å². The minimum Gasteiger partial charge on any atom is -0.346 e.